The quantitative estimate of drug-likeness (QED) is 0.197. The number of carboxylic acids is 1. The summed E-state index contributed by atoms with van der Waals surface area (Å²) in [5.74, 6) is -4.18. The molecule has 0 unspecified atom stereocenters. The summed E-state index contributed by atoms with van der Waals surface area (Å²) in [6.45, 7) is 0.790. The second kappa shape index (κ2) is 13.7. The third-order valence-corrected chi connectivity index (χ3v) is 6.94. The molecule has 45 heavy (non-hydrogen) atoms. The van der Waals surface area contributed by atoms with Gasteiger partial charge in [0.05, 0.1) is 23.5 Å². The molecule has 1 aliphatic heterocycles. The van der Waals surface area contributed by atoms with Crippen LogP contribution in [0.15, 0.2) is 73.1 Å². The lowest BCUT2D eigenvalue weighted by molar-refractivity contribution is -0.137. The molecule has 0 bridgehead atoms. The predicted molar refractivity (Wildman–Crippen MR) is 160 cm³/mol. The van der Waals surface area contributed by atoms with Crippen molar-refractivity contribution in [1.82, 2.24) is 25.5 Å². The molecule has 1 fully saturated rings. The molecule has 4 N–H and O–H groups in total. The Morgan fingerprint density at radius 2 is 1.73 bits per heavy atom. The van der Waals surface area contributed by atoms with Gasteiger partial charge >= 0.3 is 17.8 Å². The Hall–Kier alpha value is -5.67. The number of carbonyl (C=O) groups is 5. The summed E-state index contributed by atoms with van der Waals surface area (Å²) in [7, 11) is 0. The number of carboxylic acid groups (broad SMARTS) is 1. The summed E-state index contributed by atoms with van der Waals surface area (Å²) < 4.78 is 6.44. The predicted octanol–water partition coefficient (Wildman–Crippen LogP) is 1.68. The van der Waals surface area contributed by atoms with Crippen LogP contribution in [0.5, 0.6) is 0 Å². The number of rotatable bonds is 9. The van der Waals surface area contributed by atoms with Crippen LogP contribution in [-0.4, -0.2) is 80.7 Å². The van der Waals surface area contributed by atoms with Crippen LogP contribution < -0.4 is 20.9 Å². The molecule has 0 radical (unpaired) electrons. The van der Waals surface area contributed by atoms with Crippen molar-refractivity contribution in [1.29, 1.82) is 0 Å². The fourth-order valence-corrected chi connectivity index (χ4v) is 4.63. The van der Waals surface area contributed by atoms with E-state index in [1.807, 2.05) is 0 Å². The molecular formula is C29H25ClN8O7. The van der Waals surface area contributed by atoms with Crippen LogP contribution in [0.1, 0.15) is 15.9 Å². The zero-order valence-corrected chi connectivity index (χ0v) is 24.1. The Labute approximate surface area is 260 Å². The van der Waals surface area contributed by atoms with E-state index >= 15 is 0 Å². The molecular weight excluding hydrogens is 608 g/mol. The lowest BCUT2D eigenvalue weighted by Gasteiger charge is -2.27. The number of carbonyl (C=O) groups excluding carboxylic acids is 4. The monoisotopic (exact) mass is 632 g/mol. The van der Waals surface area contributed by atoms with Crippen LogP contribution in [0.25, 0.3) is 5.69 Å². The average Bonchev–Trinajstić information content (AvgIpc) is 3.56. The topological polar surface area (TPSA) is 198 Å². The Kier molecular flexibility index (Phi) is 9.40. The Balaban J connectivity index is 1.34. The van der Waals surface area contributed by atoms with Crippen molar-refractivity contribution in [2.45, 2.75) is 12.5 Å². The van der Waals surface area contributed by atoms with Gasteiger partial charge in [0.2, 0.25) is 5.91 Å². The normalized spacial score (nSPS) is 13.5. The number of tetrazole rings is 1. The highest BCUT2D eigenvalue weighted by Gasteiger charge is 2.26. The van der Waals surface area contributed by atoms with Crippen molar-refractivity contribution in [3.8, 4) is 5.69 Å². The molecule has 5 rings (SSSR count). The summed E-state index contributed by atoms with van der Waals surface area (Å²) in [5.41, 5.74) is 2.05. The molecule has 2 heterocycles. The van der Waals surface area contributed by atoms with E-state index < -0.39 is 29.7 Å². The minimum absolute atomic E-state index is 0.0159. The van der Waals surface area contributed by atoms with E-state index in [-0.39, 0.29) is 40.9 Å². The first-order valence-corrected chi connectivity index (χ1v) is 13.8. The summed E-state index contributed by atoms with van der Waals surface area (Å²) >= 11 is 6.10. The van der Waals surface area contributed by atoms with Crippen molar-refractivity contribution in [2.75, 3.05) is 35.3 Å². The molecule has 230 valence electrons. The molecule has 1 saturated heterocycles. The van der Waals surface area contributed by atoms with Gasteiger partial charge in [-0.15, -0.1) is 5.10 Å². The largest absolute Gasteiger partial charge is 0.478 e. The minimum Gasteiger partial charge on any atom is -0.478 e. The van der Waals surface area contributed by atoms with Gasteiger partial charge in [0, 0.05) is 29.4 Å². The third-order valence-electron chi connectivity index (χ3n) is 6.70. The van der Waals surface area contributed by atoms with Gasteiger partial charge in [0.25, 0.3) is 5.91 Å². The van der Waals surface area contributed by atoms with Gasteiger partial charge in [-0.2, -0.15) is 4.68 Å². The first-order valence-electron chi connectivity index (χ1n) is 13.4. The van der Waals surface area contributed by atoms with E-state index in [1.54, 1.807) is 41.3 Å². The number of hydrogen-bond donors (Lipinski definition) is 4. The van der Waals surface area contributed by atoms with Gasteiger partial charge in [0.1, 0.15) is 19.0 Å². The zero-order chi connectivity index (χ0) is 31.9. The highest BCUT2D eigenvalue weighted by atomic mass is 35.5. The maximum Gasteiger partial charge on any atom is 0.335 e. The maximum absolute atomic E-state index is 13.4. The lowest BCUT2D eigenvalue weighted by Crippen LogP contribution is -2.49. The summed E-state index contributed by atoms with van der Waals surface area (Å²) in [5, 5.41) is 27.9. The number of hydrogen-bond acceptors (Lipinski definition) is 9. The van der Waals surface area contributed by atoms with Crippen LogP contribution in [-0.2, 0) is 30.3 Å². The van der Waals surface area contributed by atoms with E-state index in [0.29, 0.717) is 30.1 Å². The number of morpholine rings is 1. The molecule has 15 nitrogen and oxygen atoms in total. The number of ether oxygens (including phenoxy) is 1. The number of halogens is 1. The third kappa shape index (κ3) is 7.65. The number of amides is 4. The van der Waals surface area contributed by atoms with E-state index in [2.05, 4.69) is 31.5 Å². The van der Waals surface area contributed by atoms with E-state index in [4.69, 9.17) is 21.4 Å². The van der Waals surface area contributed by atoms with Crippen LogP contribution >= 0.6 is 11.6 Å². The van der Waals surface area contributed by atoms with Gasteiger partial charge in [0.15, 0.2) is 0 Å². The molecule has 4 aromatic rings. The number of nitrogens with zero attached hydrogens (tertiary/aromatic N) is 5. The van der Waals surface area contributed by atoms with Gasteiger partial charge in [-0.05, 0) is 70.6 Å². The van der Waals surface area contributed by atoms with Gasteiger partial charge in [-0.25, -0.2) is 4.79 Å². The van der Waals surface area contributed by atoms with E-state index in [0.717, 1.165) is 0 Å². The fourth-order valence-electron chi connectivity index (χ4n) is 4.46. The first kappa shape index (κ1) is 30.8. The first-order chi connectivity index (χ1) is 21.7. The average molecular weight is 633 g/mol. The van der Waals surface area contributed by atoms with Gasteiger partial charge in [-0.3, -0.25) is 19.2 Å². The number of aromatic nitrogens is 4. The van der Waals surface area contributed by atoms with E-state index in [9.17, 15) is 24.0 Å². The Bertz CT molecular complexity index is 1730. The number of aromatic carboxylic acids is 1. The van der Waals surface area contributed by atoms with Crippen molar-refractivity contribution in [2.24, 2.45) is 0 Å². The molecule has 4 amide bonds. The SMILES string of the molecule is O=C(Nc1cc(Cl)ccc1-n1cnnn1)C(=O)N[C@@H](Cc1ccc(N2CCOCC2=O)cc1)C(=O)Nc1ccc(C(=O)O)cc1. The second-order valence-corrected chi connectivity index (χ2v) is 10.2. The summed E-state index contributed by atoms with van der Waals surface area (Å²) in [4.78, 5) is 64.5. The van der Waals surface area contributed by atoms with Gasteiger partial charge < -0.3 is 30.7 Å². The molecule has 1 atom stereocenters. The van der Waals surface area contributed by atoms with E-state index in [1.165, 1.54) is 41.3 Å². The summed E-state index contributed by atoms with van der Waals surface area (Å²) in [6.07, 6.45) is 1.27. The van der Waals surface area contributed by atoms with Crippen LogP contribution in [0, 0.1) is 0 Å². The van der Waals surface area contributed by atoms with Crippen molar-refractivity contribution in [3.63, 3.8) is 0 Å². The van der Waals surface area contributed by atoms with Crippen molar-refractivity contribution in [3.05, 3.63) is 89.2 Å². The molecule has 0 aliphatic carbocycles. The molecule has 3 aromatic carbocycles. The molecule has 16 heteroatoms. The van der Waals surface area contributed by atoms with Crippen LogP contribution in [0.4, 0.5) is 17.1 Å². The summed E-state index contributed by atoms with van der Waals surface area (Å²) in [6, 6.07) is 15.6. The maximum atomic E-state index is 13.4. The molecule has 0 saturated carbocycles. The van der Waals surface area contributed by atoms with Crippen LogP contribution in [0.2, 0.25) is 5.02 Å². The Morgan fingerprint density at radius 1 is 0.978 bits per heavy atom. The molecule has 1 aromatic heterocycles. The van der Waals surface area contributed by atoms with Gasteiger partial charge in [-0.1, -0.05) is 23.7 Å². The minimum atomic E-state index is -1.24. The van der Waals surface area contributed by atoms with Crippen molar-refractivity contribution >= 4 is 58.3 Å². The highest BCUT2D eigenvalue weighted by molar-refractivity contribution is 6.40. The number of benzene rings is 3. The molecule has 0 spiro atoms. The zero-order valence-electron chi connectivity index (χ0n) is 23.3. The lowest BCUT2D eigenvalue weighted by atomic mass is 10.0. The fraction of sp³-hybridized carbons (Fsp3) is 0.172. The Morgan fingerprint density at radius 3 is 2.40 bits per heavy atom. The second-order valence-electron chi connectivity index (χ2n) is 9.74. The van der Waals surface area contributed by atoms with Crippen LogP contribution in [0.3, 0.4) is 0 Å². The highest BCUT2D eigenvalue weighted by Crippen LogP contribution is 2.24. The number of nitrogens with one attached hydrogen (secondary N) is 3. The number of anilines is 3. The smallest absolute Gasteiger partial charge is 0.335 e. The van der Waals surface area contributed by atoms with Crippen molar-refractivity contribution < 1.29 is 33.8 Å². The standard InChI is InChI=1S/C29H25ClN8O7/c30-19-5-10-24(38-16-31-35-36-38)22(14-19)33-27(41)28(42)34-23(26(40)32-20-6-3-18(4-7-20)29(43)44)13-17-1-8-21(9-2-17)37-11-12-45-15-25(37)39/h1-10,14,16,23H,11-13,15H2,(H,32,40)(H,33,41)(H,34,42)(H,43,44)/t23-/m0/s1. The molecule has 1 aliphatic rings.